The molecule has 1 aliphatic rings. The maximum atomic E-state index is 12.0. The van der Waals surface area contributed by atoms with E-state index >= 15 is 0 Å². The van der Waals surface area contributed by atoms with E-state index in [9.17, 15) is 4.79 Å². The summed E-state index contributed by atoms with van der Waals surface area (Å²) in [6.07, 6.45) is 2.11. The first-order valence-electron chi connectivity index (χ1n) is 5.97. The molecule has 2 rings (SSSR count). The minimum atomic E-state index is -0.0618. The smallest absolute Gasteiger partial charge is 0.251 e. The van der Waals surface area contributed by atoms with Crippen molar-refractivity contribution >= 4 is 40.1 Å². The lowest BCUT2D eigenvalue weighted by Gasteiger charge is -2.35. The molecular weight excluding hydrogens is 365 g/mol. The van der Waals surface area contributed by atoms with E-state index in [-0.39, 0.29) is 11.9 Å². The lowest BCUT2D eigenvalue weighted by molar-refractivity contribution is -0.00862. The molecule has 5 heteroatoms. The van der Waals surface area contributed by atoms with Crippen LogP contribution in [-0.2, 0) is 4.74 Å². The summed E-state index contributed by atoms with van der Waals surface area (Å²) in [5, 5.41) is 3.60. The maximum absolute atomic E-state index is 12.0. The number of hydrogen-bond donors (Lipinski definition) is 1. The average Bonchev–Trinajstić information content (AvgIpc) is 2.30. The molecule has 3 nitrogen and oxygen atoms in total. The quantitative estimate of drug-likeness (QED) is 0.816. The molecule has 0 saturated heterocycles. The van der Waals surface area contributed by atoms with Crippen molar-refractivity contribution in [1.29, 1.82) is 0 Å². The minimum Gasteiger partial charge on any atom is -0.378 e. The van der Waals surface area contributed by atoms with Gasteiger partial charge in [-0.1, -0.05) is 11.6 Å². The number of ether oxygens (including phenoxy) is 1. The maximum Gasteiger partial charge on any atom is 0.251 e. The zero-order valence-corrected chi connectivity index (χ0v) is 13.0. The van der Waals surface area contributed by atoms with Gasteiger partial charge < -0.3 is 10.1 Å². The highest BCUT2D eigenvalue weighted by atomic mass is 127. The highest BCUT2D eigenvalue weighted by Gasteiger charge is 2.30. The van der Waals surface area contributed by atoms with Gasteiger partial charge in [0.15, 0.2) is 0 Å². The van der Waals surface area contributed by atoms with Gasteiger partial charge in [-0.15, -0.1) is 0 Å². The number of nitrogens with one attached hydrogen (secondary N) is 1. The van der Waals surface area contributed by atoms with E-state index in [1.165, 1.54) is 0 Å². The van der Waals surface area contributed by atoms with Crippen LogP contribution in [0.15, 0.2) is 18.2 Å². The highest BCUT2D eigenvalue weighted by molar-refractivity contribution is 14.1. The summed E-state index contributed by atoms with van der Waals surface area (Å²) in [6, 6.07) is 5.58. The van der Waals surface area contributed by atoms with Gasteiger partial charge in [-0.05, 0) is 60.6 Å². The van der Waals surface area contributed by atoms with Gasteiger partial charge in [-0.3, -0.25) is 4.79 Å². The van der Waals surface area contributed by atoms with E-state index in [2.05, 4.69) is 27.9 Å². The number of carbonyl (C=O) groups excluding carboxylic acids is 1. The summed E-state index contributed by atoms with van der Waals surface area (Å²) in [5.74, 6) is -0.0618. The Kier molecular flexibility index (Phi) is 4.86. The SMILES string of the molecule is CCOC1CC(NC(=O)c2ccc(I)c(Cl)c2)C1. The summed E-state index contributed by atoms with van der Waals surface area (Å²) >= 11 is 8.14. The Morgan fingerprint density at radius 2 is 2.28 bits per heavy atom. The summed E-state index contributed by atoms with van der Waals surface area (Å²) in [6.45, 7) is 2.72. The van der Waals surface area contributed by atoms with Gasteiger partial charge in [0.1, 0.15) is 0 Å². The molecule has 1 N–H and O–H groups in total. The summed E-state index contributed by atoms with van der Waals surface area (Å²) in [4.78, 5) is 12.0. The molecule has 0 bridgehead atoms. The van der Waals surface area contributed by atoms with E-state index in [1.54, 1.807) is 12.1 Å². The normalized spacial score (nSPS) is 22.4. The second-order valence-corrected chi connectivity index (χ2v) is 5.92. The Bertz CT molecular complexity index is 447. The van der Waals surface area contributed by atoms with Crippen molar-refractivity contribution in [2.24, 2.45) is 0 Å². The number of amides is 1. The van der Waals surface area contributed by atoms with E-state index in [0.717, 1.165) is 23.0 Å². The zero-order chi connectivity index (χ0) is 13.1. The molecule has 1 amide bonds. The molecule has 1 aromatic rings. The number of carbonyl (C=O) groups is 1. The van der Waals surface area contributed by atoms with Crippen LogP contribution < -0.4 is 5.32 Å². The van der Waals surface area contributed by atoms with Crippen molar-refractivity contribution in [3.8, 4) is 0 Å². The second kappa shape index (κ2) is 6.21. The van der Waals surface area contributed by atoms with Gasteiger partial charge in [0.05, 0.1) is 11.1 Å². The molecule has 1 fully saturated rings. The van der Waals surface area contributed by atoms with Crippen molar-refractivity contribution < 1.29 is 9.53 Å². The van der Waals surface area contributed by atoms with Crippen LogP contribution in [-0.4, -0.2) is 24.7 Å². The van der Waals surface area contributed by atoms with E-state index in [4.69, 9.17) is 16.3 Å². The van der Waals surface area contributed by atoms with Crippen LogP contribution in [0.3, 0.4) is 0 Å². The van der Waals surface area contributed by atoms with Crippen LogP contribution in [0.1, 0.15) is 30.1 Å². The first-order valence-corrected chi connectivity index (χ1v) is 7.43. The average molecular weight is 380 g/mol. The van der Waals surface area contributed by atoms with Crippen LogP contribution >= 0.6 is 34.2 Å². The standard InChI is InChI=1S/C13H15ClINO2/c1-2-18-10-6-9(7-10)16-13(17)8-3-4-12(15)11(14)5-8/h3-5,9-10H,2,6-7H2,1H3,(H,16,17). The fourth-order valence-corrected chi connectivity index (χ4v) is 2.48. The molecule has 0 radical (unpaired) electrons. The molecule has 0 aliphatic heterocycles. The molecule has 0 spiro atoms. The summed E-state index contributed by atoms with van der Waals surface area (Å²) in [5.41, 5.74) is 0.611. The van der Waals surface area contributed by atoms with Gasteiger partial charge in [0.2, 0.25) is 0 Å². The topological polar surface area (TPSA) is 38.3 Å². The zero-order valence-electron chi connectivity index (χ0n) is 10.1. The number of hydrogen-bond acceptors (Lipinski definition) is 2. The monoisotopic (exact) mass is 379 g/mol. The van der Waals surface area contributed by atoms with Gasteiger partial charge in [-0.2, -0.15) is 0 Å². The minimum absolute atomic E-state index is 0.0618. The molecule has 1 saturated carbocycles. The van der Waals surface area contributed by atoms with Crippen LogP contribution in [0.4, 0.5) is 0 Å². The lowest BCUT2D eigenvalue weighted by atomic mass is 9.89. The Hall–Kier alpha value is -0.330. The molecule has 0 atom stereocenters. The molecule has 1 aromatic carbocycles. The third-order valence-electron chi connectivity index (χ3n) is 3.01. The lowest BCUT2D eigenvalue weighted by Crippen LogP contribution is -2.47. The highest BCUT2D eigenvalue weighted by Crippen LogP contribution is 2.24. The third kappa shape index (κ3) is 3.36. The Morgan fingerprint density at radius 1 is 1.56 bits per heavy atom. The van der Waals surface area contributed by atoms with Crippen molar-refractivity contribution in [1.82, 2.24) is 5.32 Å². The Morgan fingerprint density at radius 3 is 2.89 bits per heavy atom. The third-order valence-corrected chi connectivity index (χ3v) is 4.59. The molecular formula is C13H15ClINO2. The number of rotatable bonds is 4. The molecule has 18 heavy (non-hydrogen) atoms. The van der Waals surface area contributed by atoms with Gasteiger partial charge in [-0.25, -0.2) is 0 Å². The fourth-order valence-electron chi connectivity index (χ4n) is 1.96. The Balaban J connectivity index is 1.87. The first kappa shape index (κ1) is 14.1. The predicted molar refractivity (Wildman–Crippen MR) is 80.1 cm³/mol. The van der Waals surface area contributed by atoms with E-state index in [0.29, 0.717) is 16.7 Å². The second-order valence-electron chi connectivity index (χ2n) is 4.35. The van der Waals surface area contributed by atoms with Crippen molar-refractivity contribution in [2.75, 3.05) is 6.61 Å². The Labute approximate surface area is 125 Å². The van der Waals surface area contributed by atoms with Crippen molar-refractivity contribution in [2.45, 2.75) is 31.9 Å². The van der Waals surface area contributed by atoms with Crippen LogP contribution in [0.25, 0.3) is 0 Å². The fraction of sp³-hybridized carbons (Fsp3) is 0.462. The van der Waals surface area contributed by atoms with Crippen LogP contribution in [0.5, 0.6) is 0 Å². The molecule has 0 unspecified atom stereocenters. The van der Waals surface area contributed by atoms with Crippen molar-refractivity contribution in [3.63, 3.8) is 0 Å². The first-order chi connectivity index (χ1) is 8.60. The largest absolute Gasteiger partial charge is 0.378 e. The van der Waals surface area contributed by atoms with Gasteiger partial charge in [0.25, 0.3) is 5.91 Å². The molecule has 1 aliphatic carbocycles. The van der Waals surface area contributed by atoms with E-state index < -0.39 is 0 Å². The van der Waals surface area contributed by atoms with Gasteiger partial charge in [0, 0.05) is 21.8 Å². The molecule has 98 valence electrons. The van der Waals surface area contributed by atoms with Gasteiger partial charge >= 0.3 is 0 Å². The number of halogens is 2. The summed E-state index contributed by atoms with van der Waals surface area (Å²) in [7, 11) is 0. The van der Waals surface area contributed by atoms with Crippen LogP contribution in [0.2, 0.25) is 5.02 Å². The predicted octanol–water partition coefficient (Wildman–Crippen LogP) is 3.24. The van der Waals surface area contributed by atoms with E-state index in [1.807, 2.05) is 13.0 Å². The number of benzene rings is 1. The molecule has 0 aromatic heterocycles. The van der Waals surface area contributed by atoms with Crippen molar-refractivity contribution in [3.05, 3.63) is 32.4 Å². The summed E-state index contributed by atoms with van der Waals surface area (Å²) < 4.78 is 6.41. The van der Waals surface area contributed by atoms with Crippen LogP contribution in [0, 0.1) is 3.57 Å². The molecule has 0 heterocycles.